The summed E-state index contributed by atoms with van der Waals surface area (Å²) in [7, 11) is 1.41. The van der Waals surface area contributed by atoms with Crippen molar-refractivity contribution in [2.24, 2.45) is 11.8 Å². The third-order valence-corrected chi connectivity index (χ3v) is 6.11. The second kappa shape index (κ2) is 15.8. The summed E-state index contributed by atoms with van der Waals surface area (Å²) in [6, 6.07) is 0. The summed E-state index contributed by atoms with van der Waals surface area (Å²) < 4.78 is 10.9. The van der Waals surface area contributed by atoms with Crippen LogP contribution in [0.2, 0.25) is 0 Å². The molecule has 1 fully saturated rings. The smallest absolute Gasteiger partial charge is 0.310 e. The highest BCUT2D eigenvalue weighted by Gasteiger charge is 2.38. The maximum atomic E-state index is 12.8. The second-order valence-electron chi connectivity index (χ2n) is 8.49. The molecule has 164 valence electrons. The Balaban J connectivity index is 2.41. The van der Waals surface area contributed by atoms with Gasteiger partial charge < -0.3 is 9.47 Å². The van der Waals surface area contributed by atoms with Crippen molar-refractivity contribution in [3.05, 3.63) is 0 Å². The molecule has 0 heterocycles. The van der Waals surface area contributed by atoms with Crippen LogP contribution in [0.3, 0.4) is 0 Å². The maximum absolute atomic E-state index is 12.8. The Kier molecular flexibility index (Phi) is 14.1. The van der Waals surface area contributed by atoms with E-state index in [-0.39, 0.29) is 29.9 Å². The van der Waals surface area contributed by atoms with Crippen molar-refractivity contribution < 1.29 is 19.1 Å². The van der Waals surface area contributed by atoms with Crippen LogP contribution in [-0.4, -0.2) is 25.2 Å². The van der Waals surface area contributed by atoms with Crippen LogP contribution >= 0.6 is 0 Å². The van der Waals surface area contributed by atoms with E-state index in [2.05, 4.69) is 13.8 Å². The van der Waals surface area contributed by atoms with Gasteiger partial charge >= 0.3 is 11.9 Å². The Morgan fingerprint density at radius 2 is 1.25 bits per heavy atom. The van der Waals surface area contributed by atoms with Gasteiger partial charge in [0.25, 0.3) is 0 Å². The maximum Gasteiger partial charge on any atom is 0.310 e. The largest absolute Gasteiger partial charge is 0.469 e. The monoisotopic (exact) mass is 396 g/mol. The summed E-state index contributed by atoms with van der Waals surface area (Å²) in [6.45, 7) is 4.42. The van der Waals surface area contributed by atoms with Crippen LogP contribution < -0.4 is 0 Å². The zero-order valence-corrected chi connectivity index (χ0v) is 18.7. The molecule has 0 amide bonds. The van der Waals surface area contributed by atoms with Crippen molar-refractivity contribution >= 4 is 11.9 Å². The second-order valence-corrected chi connectivity index (χ2v) is 8.49. The lowest BCUT2D eigenvalue weighted by atomic mass is 9.79. The molecule has 1 saturated carbocycles. The molecular formula is C24H44O4. The predicted molar refractivity (Wildman–Crippen MR) is 114 cm³/mol. The summed E-state index contributed by atoms with van der Waals surface area (Å²) >= 11 is 0. The molecule has 0 spiro atoms. The fourth-order valence-corrected chi connectivity index (χ4v) is 4.30. The molecule has 1 rings (SSSR count). The molecule has 0 saturated heterocycles. The van der Waals surface area contributed by atoms with Crippen LogP contribution in [-0.2, 0) is 19.1 Å². The van der Waals surface area contributed by atoms with Crippen molar-refractivity contribution in [3.8, 4) is 0 Å². The van der Waals surface area contributed by atoms with Gasteiger partial charge in [-0.15, -0.1) is 0 Å². The van der Waals surface area contributed by atoms with Crippen LogP contribution in [0.1, 0.15) is 117 Å². The van der Waals surface area contributed by atoms with E-state index in [0.717, 1.165) is 57.8 Å². The average molecular weight is 397 g/mol. The number of carbonyl (C=O) groups is 2. The van der Waals surface area contributed by atoms with Gasteiger partial charge in [0, 0.05) is 0 Å². The number of carbonyl (C=O) groups excluding carboxylic acids is 2. The predicted octanol–water partition coefficient (Wildman–Crippen LogP) is 6.60. The van der Waals surface area contributed by atoms with Crippen LogP contribution in [0.25, 0.3) is 0 Å². The highest BCUT2D eigenvalue weighted by Crippen LogP contribution is 2.32. The lowest BCUT2D eigenvalue weighted by molar-refractivity contribution is -0.165. The van der Waals surface area contributed by atoms with Crippen LogP contribution in [0, 0.1) is 11.8 Å². The fourth-order valence-electron chi connectivity index (χ4n) is 4.30. The first-order chi connectivity index (χ1) is 13.6. The zero-order valence-electron chi connectivity index (χ0n) is 18.7. The number of methoxy groups -OCH3 is 1. The summed E-state index contributed by atoms with van der Waals surface area (Å²) in [5, 5.41) is 0. The van der Waals surface area contributed by atoms with Gasteiger partial charge in [0.1, 0.15) is 6.10 Å². The van der Waals surface area contributed by atoms with Crippen LogP contribution in [0.5, 0.6) is 0 Å². The highest BCUT2D eigenvalue weighted by atomic mass is 16.5. The molecule has 1 aliphatic carbocycles. The molecule has 3 atom stereocenters. The Bertz CT molecular complexity index is 421. The molecule has 28 heavy (non-hydrogen) atoms. The number of rotatable bonds is 15. The molecule has 0 aromatic carbocycles. The summed E-state index contributed by atoms with van der Waals surface area (Å²) in [6.07, 6.45) is 17.9. The quantitative estimate of drug-likeness (QED) is 0.231. The molecule has 0 aliphatic heterocycles. The van der Waals surface area contributed by atoms with Crippen LogP contribution in [0.4, 0.5) is 0 Å². The first-order valence-electron chi connectivity index (χ1n) is 11.9. The topological polar surface area (TPSA) is 52.6 Å². The van der Waals surface area contributed by atoms with E-state index in [1.54, 1.807) is 0 Å². The number of esters is 2. The van der Waals surface area contributed by atoms with E-state index in [1.165, 1.54) is 52.1 Å². The minimum absolute atomic E-state index is 0.00719. The van der Waals surface area contributed by atoms with Crippen molar-refractivity contribution in [3.63, 3.8) is 0 Å². The highest BCUT2D eigenvalue weighted by molar-refractivity contribution is 5.82. The normalized spacial score (nSPS) is 20.5. The number of hydrogen-bond acceptors (Lipinski definition) is 4. The summed E-state index contributed by atoms with van der Waals surface area (Å²) in [5.41, 5.74) is 0. The Morgan fingerprint density at radius 3 is 1.82 bits per heavy atom. The molecule has 3 unspecified atom stereocenters. The molecule has 0 bridgehead atoms. The molecule has 0 aromatic heterocycles. The molecule has 1 aliphatic rings. The lowest BCUT2D eigenvalue weighted by Crippen LogP contribution is -2.36. The van der Waals surface area contributed by atoms with Gasteiger partial charge in [0.15, 0.2) is 0 Å². The van der Waals surface area contributed by atoms with Gasteiger partial charge in [-0.05, 0) is 32.1 Å². The number of hydrogen-bond donors (Lipinski definition) is 0. The first-order valence-corrected chi connectivity index (χ1v) is 11.9. The van der Waals surface area contributed by atoms with E-state index in [1.807, 2.05) is 0 Å². The van der Waals surface area contributed by atoms with Crippen molar-refractivity contribution in [1.29, 1.82) is 0 Å². The van der Waals surface area contributed by atoms with E-state index in [9.17, 15) is 9.59 Å². The van der Waals surface area contributed by atoms with E-state index in [4.69, 9.17) is 9.47 Å². The van der Waals surface area contributed by atoms with Gasteiger partial charge in [-0.3, -0.25) is 9.59 Å². The zero-order chi connectivity index (χ0) is 20.6. The summed E-state index contributed by atoms with van der Waals surface area (Å²) in [4.78, 5) is 24.9. The Morgan fingerprint density at radius 1 is 0.750 bits per heavy atom. The van der Waals surface area contributed by atoms with Gasteiger partial charge in [0.05, 0.1) is 18.9 Å². The SMILES string of the molecule is CCCCCCCCCCC(CCCC)OC(=O)C1CCCCC1C(=O)OC. The third-order valence-electron chi connectivity index (χ3n) is 6.11. The fraction of sp³-hybridized carbons (Fsp3) is 0.917. The average Bonchev–Trinajstić information content (AvgIpc) is 2.72. The number of ether oxygens (including phenoxy) is 2. The molecule has 0 aromatic rings. The van der Waals surface area contributed by atoms with Gasteiger partial charge in [0.2, 0.25) is 0 Å². The van der Waals surface area contributed by atoms with E-state index < -0.39 is 0 Å². The molecule has 0 N–H and O–H groups in total. The van der Waals surface area contributed by atoms with Crippen molar-refractivity contribution in [1.82, 2.24) is 0 Å². The van der Waals surface area contributed by atoms with Gasteiger partial charge in [-0.2, -0.15) is 0 Å². The van der Waals surface area contributed by atoms with Gasteiger partial charge in [-0.25, -0.2) is 0 Å². The Labute approximate surface area is 173 Å². The van der Waals surface area contributed by atoms with Crippen LogP contribution in [0.15, 0.2) is 0 Å². The lowest BCUT2D eigenvalue weighted by Gasteiger charge is -2.29. The minimum atomic E-state index is -0.318. The van der Waals surface area contributed by atoms with Crippen molar-refractivity contribution in [2.75, 3.05) is 7.11 Å². The standard InChI is InChI=1S/C24H44O4/c1-4-6-8-9-10-11-12-13-17-20(16-7-5-2)28-24(26)22-19-15-14-18-21(22)23(25)27-3/h20-22H,4-19H2,1-3H3. The number of unbranched alkanes of at least 4 members (excludes halogenated alkanes) is 8. The van der Waals surface area contributed by atoms with E-state index >= 15 is 0 Å². The summed E-state index contributed by atoms with van der Waals surface area (Å²) in [5.74, 6) is -1.06. The molecule has 4 heteroatoms. The minimum Gasteiger partial charge on any atom is -0.469 e. The Hall–Kier alpha value is -1.06. The van der Waals surface area contributed by atoms with Crippen molar-refractivity contribution in [2.45, 2.75) is 123 Å². The first kappa shape index (κ1) is 25.0. The van der Waals surface area contributed by atoms with Gasteiger partial charge in [-0.1, -0.05) is 84.5 Å². The molecule has 0 radical (unpaired) electrons. The third kappa shape index (κ3) is 9.93. The van der Waals surface area contributed by atoms with E-state index in [0.29, 0.717) is 0 Å². The molecule has 4 nitrogen and oxygen atoms in total. The molecular weight excluding hydrogens is 352 g/mol.